The SMILES string of the molecule is Cc1[nH]ncc1C(=O)NC[C@@H](O)c1cc2ccccc2s1. The van der Waals surface area contributed by atoms with Crippen molar-refractivity contribution in [1.29, 1.82) is 0 Å². The number of amides is 1. The van der Waals surface area contributed by atoms with Crippen LogP contribution in [0.4, 0.5) is 0 Å². The van der Waals surface area contributed by atoms with Gasteiger partial charge in [-0.15, -0.1) is 11.3 Å². The maximum atomic E-state index is 12.0. The molecule has 3 rings (SSSR count). The molecule has 0 aliphatic heterocycles. The zero-order chi connectivity index (χ0) is 14.8. The third-order valence-corrected chi connectivity index (χ3v) is 4.52. The molecule has 0 unspecified atom stereocenters. The molecule has 0 aliphatic carbocycles. The second kappa shape index (κ2) is 5.67. The second-order valence-corrected chi connectivity index (χ2v) is 5.94. The predicted octanol–water partition coefficient (Wildman–Crippen LogP) is 2.40. The minimum atomic E-state index is -0.710. The molecule has 1 aromatic carbocycles. The number of aromatic amines is 1. The number of hydrogen-bond acceptors (Lipinski definition) is 4. The van der Waals surface area contributed by atoms with Crippen molar-refractivity contribution >= 4 is 27.3 Å². The number of thiophene rings is 1. The Hall–Kier alpha value is -2.18. The summed E-state index contributed by atoms with van der Waals surface area (Å²) in [6.07, 6.45) is 0.773. The topological polar surface area (TPSA) is 78.0 Å². The van der Waals surface area contributed by atoms with Crippen LogP contribution in [0.15, 0.2) is 36.5 Å². The summed E-state index contributed by atoms with van der Waals surface area (Å²) in [5.74, 6) is -0.235. The van der Waals surface area contributed by atoms with Crippen molar-refractivity contribution in [2.24, 2.45) is 0 Å². The number of H-pyrrole nitrogens is 1. The molecule has 3 aromatic rings. The van der Waals surface area contributed by atoms with E-state index < -0.39 is 6.10 Å². The fraction of sp³-hybridized carbons (Fsp3) is 0.200. The highest BCUT2D eigenvalue weighted by molar-refractivity contribution is 7.19. The molecule has 5 nitrogen and oxygen atoms in total. The predicted molar refractivity (Wildman–Crippen MR) is 82.4 cm³/mol. The van der Waals surface area contributed by atoms with E-state index >= 15 is 0 Å². The Morgan fingerprint density at radius 3 is 3.00 bits per heavy atom. The highest BCUT2D eigenvalue weighted by Gasteiger charge is 2.15. The van der Waals surface area contributed by atoms with E-state index in [1.807, 2.05) is 30.3 Å². The highest BCUT2D eigenvalue weighted by atomic mass is 32.1. The zero-order valence-electron chi connectivity index (χ0n) is 11.5. The summed E-state index contributed by atoms with van der Waals surface area (Å²) in [6, 6.07) is 9.92. The third kappa shape index (κ3) is 2.81. The van der Waals surface area contributed by atoms with E-state index in [1.54, 1.807) is 6.92 Å². The second-order valence-electron chi connectivity index (χ2n) is 4.82. The lowest BCUT2D eigenvalue weighted by atomic mass is 10.2. The van der Waals surface area contributed by atoms with Crippen LogP contribution < -0.4 is 5.32 Å². The largest absolute Gasteiger partial charge is 0.386 e. The van der Waals surface area contributed by atoms with E-state index in [0.29, 0.717) is 11.3 Å². The number of carbonyl (C=O) groups excluding carboxylic acids is 1. The first-order chi connectivity index (χ1) is 10.1. The Morgan fingerprint density at radius 2 is 2.29 bits per heavy atom. The van der Waals surface area contributed by atoms with Gasteiger partial charge in [0.1, 0.15) is 6.10 Å². The number of aryl methyl sites for hydroxylation is 1. The van der Waals surface area contributed by atoms with Crippen LogP contribution in [0.25, 0.3) is 10.1 Å². The monoisotopic (exact) mass is 301 g/mol. The number of fused-ring (bicyclic) bond motifs is 1. The molecule has 3 N–H and O–H groups in total. The van der Waals surface area contributed by atoms with Crippen LogP contribution >= 0.6 is 11.3 Å². The Balaban J connectivity index is 1.67. The first-order valence-electron chi connectivity index (χ1n) is 6.60. The third-order valence-electron chi connectivity index (χ3n) is 3.30. The van der Waals surface area contributed by atoms with Crippen LogP contribution in [0.5, 0.6) is 0 Å². The quantitative estimate of drug-likeness (QED) is 0.692. The molecule has 6 heteroatoms. The van der Waals surface area contributed by atoms with E-state index in [2.05, 4.69) is 15.5 Å². The van der Waals surface area contributed by atoms with E-state index in [4.69, 9.17) is 0 Å². The number of hydrogen-bond donors (Lipinski definition) is 3. The van der Waals surface area contributed by atoms with Crippen LogP contribution in [-0.4, -0.2) is 27.8 Å². The molecule has 21 heavy (non-hydrogen) atoms. The molecule has 108 valence electrons. The van der Waals surface area contributed by atoms with E-state index in [-0.39, 0.29) is 12.5 Å². The van der Waals surface area contributed by atoms with E-state index in [9.17, 15) is 9.90 Å². The van der Waals surface area contributed by atoms with Crippen molar-refractivity contribution in [1.82, 2.24) is 15.5 Å². The van der Waals surface area contributed by atoms with Gasteiger partial charge in [0.25, 0.3) is 5.91 Å². The number of aromatic nitrogens is 2. The molecule has 0 fully saturated rings. The van der Waals surface area contributed by atoms with Gasteiger partial charge < -0.3 is 10.4 Å². The first-order valence-corrected chi connectivity index (χ1v) is 7.41. The van der Waals surface area contributed by atoms with Crippen molar-refractivity contribution < 1.29 is 9.90 Å². The van der Waals surface area contributed by atoms with Gasteiger partial charge in [0.2, 0.25) is 0 Å². The van der Waals surface area contributed by atoms with E-state index in [1.165, 1.54) is 17.5 Å². The van der Waals surface area contributed by atoms with Crippen LogP contribution in [0.2, 0.25) is 0 Å². The summed E-state index contributed by atoms with van der Waals surface area (Å²) in [7, 11) is 0. The summed E-state index contributed by atoms with van der Waals surface area (Å²) >= 11 is 1.54. The molecule has 1 amide bonds. The Morgan fingerprint density at radius 1 is 1.48 bits per heavy atom. The lowest BCUT2D eigenvalue weighted by Gasteiger charge is -2.09. The molecular formula is C15H15N3O2S. The van der Waals surface area contributed by atoms with Gasteiger partial charge in [0.05, 0.1) is 11.8 Å². The fourth-order valence-corrected chi connectivity index (χ4v) is 3.18. The standard InChI is InChI=1S/C15H15N3O2S/c1-9-11(7-17-18-9)15(20)16-8-12(19)14-6-10-4-2-3-5-13(10)21-14/h2-7,12,19H,8H2,1H3,(H,16,20)(H,17,18)/t12-/m1/s1. The normalized spacial score (nSPS) is 12.5. The number of rotatable bonds is 4. The Kier molecular flexibility index (Phi) is 3.72. The van der Waals surface area contributed by atoms with Gasteiger partial charge in [0, 0.05) is 21.8 Å². The number of aliphatic hydroxyl groups excluding tert-OH is 1. The van der Waals surface area contributed by atoms with Crippen molar-refractivity contribution in [3.05, 3.63) is 52.7 Å². The van der Waals surface area contributed by atoms with Crippen LogP contribution in [0.1, 0.15) is 27.0 Å². The van der Waals surface area contributed by atoms with Gasteiger partial charge >= 0.3 is 0 Å². The molecule has 0 radical (unpaired) electrons. The van der Waals surface area contributed by atoms with Crippen molar-refractivity contribution in [3.8, 4) is 0 Å². The molecule has 0 aliphatic rings. The van der Waals surface area contributed by atoms with Crippen molar-refractivity contribution in [3.63, 3.8) is 0 Å². The minimum absolute atomic E-state index is 0.177. The smallest absolute Gasteiger partial charge is 0.254 e. The molecule has 0 spiro atoms. The number of benzene rings is 1. The van der Waals surface area contributed by atoms with Crippen molar-refractivity contribution in [2.75, 3.05) is 6.54 Å². The summed E-state index contributed by atoms with van der Waals surface area (Å²) in [6.45, 7) is 1.96. The molecular weight excluding hydrogens is 286 g/mol. The van der Waals surface area contributed by atoms with Crippen LogP contribution in [0, 0.1) is 6.92 Å². The van der Waals surface area contributed by atoms with Gasteiger partial charge in [-0.25, -0.2) is 0 Å². The van der Waals surface area contributed by atoms with Gasteiger partial charge in [-0.1, -0.05) is 18.2 Å². The highest BCUT2D eigenvalue weighted by Crippen LogP contribution is 2.29. The van der Waals surface area contributed by atoms with E-state index in [0.717, 1.165) is 15.0 Å². The molecule has 2 heterocycles. The minimum Gasteiger partial charge on any atom is -0.386 e. The van der Waals surface area contributed by atoms with Crippen LogP contribution in [-0.2, 0) is 0 Å². The zero-order valence-corrected chi connectivity index (χ0v) is 12.3. The summed E-state index contributed by atoms with van der Waals surface area (Å²) in [5.41, 5.74) is 1.21. The van der Waals surface area contributed by atoms with Gasteiger partial charge in [-0.05, 0) is 24.4 Å². The lowest BCUT2D eigenvalue weighted by Crippen LogP contribution is -2.28. The fourth-order valence-electron chi connectivity index (χ4n) is 2.13. The molecule has 1 atom stereocenters. The van der Waals surface area contributed by atoms with Crippen molar-refractivity contribution in [2.45, 2.75) is 13.0 Å². The average molecular weight is 301 g/mol. The van der Waals surface area contributed by atoms with Crippen LogP contribution in [0.3, 0.4) is 0 Å². The average Bonchev–Trinajstić information content (AvgIpc) is 3.10. The molecule has 2 aromatic heterocycles. The van der Waals surface area contributed by atoms with Gasteiger partial charge in [-0.2, -0.15) is 5.10 Å². The first kappa shape index (κ1) is 13.8. The number of aliphatic hydroxyl groups is 1. The lowest BCUT2D eigenvalue weighted by molar-refractivity contribution is 0.0917. The maximum absolute atomic E-state index is 12.0. The van der Waals surface area contributed by atoms with Gasteiger partial charge in [0.15, 0.2) is 0 Å². The Bertz CT molecular complexity index is 745. The molecule has 0 saturated heterocycles. The number of nitrogens with one attached hydrogen (secondary N) is 2. The summed E-state index contributed by atoms with van der Waals surface area (Å²) in [5, 5.41) is 20.6. The van der Waals surface area contributed by atoms with Gasteiger partial charge in [-0.3, -0.25) is 9.89 Å². The molecule has 0 saturated carbocycles. The maximum Gasteiger partial charge on any atom is 0.254 e. The number of carbonyl (C=O) groups is 1. The molecule has 0 bridgehead atoms. The number of nitrogens with zero attached hydrogens (tertiary/aromatic N) is 1. The Labute approximate surface area is 125 Å². The summed E-state index contributed by atoms with van der Waals surface area (Å²) < 4.78 is 1.13. The summed E-state index contributed by atoms with van der Waals surface area (Å²) in [4.78, 5) is 12.8.